The fourth-order valence-electron chi connectivity index (χ4n) is 3.29. The topological polar surface area (TPSA) is 76.9 Å². The second-order valence-electron chi connectivity index (χ2n) is 6.90. The first-order valence-corrected chi connectivity index (χ1v) is 9.71. The van der Waals surface area contributed by atoms with Gasteiger partial charge in [-0.1, -0.05) is 48.5 Å². The van der Waals surface area contributed by atoms with Crippen molar-refractivity contribution >= 4 is 11.7 Å². The second kappa shape index (κ2) is 9.13. The molecule has 0 fully saturated rings. The predicted molar refractivity (Wildman–Crippen MR) is 113 cm³/mol. The lowest BCUT2D eigenvalue weighted by atomic mass is 9.97. The van der Waals surface area contributed by atoms with Gasteiger partial charge in [0.1, 0.15) is 5.82 Å². The van der Waals surface area contributed by atoms with Crippen molar-refractivity contribution < 1.29 is 14.0 Å². The molecule has 0 aliphatic rings. The summed E-state index contributed by atoms with van der Waals surface area (Å²) in [5.74, 6) is -1.18. The number of amides is 1. The molecule has 4 rings (SSSR count). The summed E-state index contributed by atoms with van der Waals surface area (Å²) in [5, 5.41) is 11.2. The van der Waals surface area contributed by atoms with Gasteiger partial charge in [0.15, 0.2) is 5.78 Å². The maximum absolute atomic E-state index is 13.2. The summed E-state index contributed by atoms with van der Waals surface area (Å²) in [7, 11) is 0. The summed E-state index contributed by atoms with van der Waals surface area (Å²) in [6.07, 6.45) is 3.14. The van der Waals surface area contributed by atoms with Crippen molar-refractivity contribution in [3.8, 4) is 0 Å². The van der Waals surface area contributed by atoms with Crippen LogP contribution in [0.15, 0.2) is 91.3 Å². The molecule has 4 aromatic rings. The van der Waals surface area contributed by atoms with Crippen LogP contribution < -0.4 is 5.32 Å². The molecule has 1 aromatic heterocycles. The molecule has 0 saturated carbocycles. The molecule has 1 N–H and O–H groups in total. The van der Waals surface area contributed by atoms with Crippen molar-refractivity contribution in [2.24, 2.45) is 0 Å². The lowest BCUT2D eigenvalue weighted by Crippen LogP contribution is -2.33. The molecule has 31 heavy (non-hydrogen) atoms. The van der Waals surface area contributed by atoms with Crippen LogP contribution in [0.3, 0.4) is 0 Å². The molecule has 0 radical (unpaired) electrons. The number of ketones is 1. The standard InChI is InChI=1S/C24H19FN4O2/c25-19-12-10-18(11-13-19)23(30)20-8-4-5-9-21(20)24(31)28-22(16-29-26-14-15-27-29)17-6-2-1-3-7-17/h1-15,22H,16H2,(H,28,31). The van der Waals surface area contributed by atoms with Gasteiger partial charge in [-0.25, -0.2) is 4.39 Å². The minimum atomic E-state index is -0.430. The van der Waals surface area contributed by atoms with Gasteiger partial charge in [0.25, 0.3) is 5.91 Å². The number of nitrogens with zero attached hydrogens (tertiary/aromatic N) is 3. The summed E-state index contributed by atoms with van der Waals surface area (Å²) in [6.45, 7) is 0.330. The molecular weight excluding hydrogens is 395 g/mol. The molecule has 0 aliphatic heterocycles. The zero-order valence-electron chi connectivity index (χ0n) is 16.5. The van der Waals surface area contributed by atoms with Crippen molar-refractivity contribution in [2.75, 3.05) is 0 Å². The summed E-state index contributed by atoms with van der Waals surface area (Å²) in [5.41, 5.74) is 1.68. The Morgan fingerprint density at radius 2 is 1.45 bits per heavy atom. The van der Waals surface area contributed by atoms with Crippen LogP contribution in [0, 0.1) is 5.82 Å². The first kappa shape index (κ1) is 20.2. The number of benzene rings is 3. The van der Waals surface area contributed by atoms with Crippen LogP contribution in [0.1, 0.15) is 37.9 Å². The predicted octanol–water partition coefficient (Wildman–Crippen LogP) is 3.82. The fourth-order valence-corrected chi connectivity index (χ4v) is 3.29. The molecule has 0 bridgehead atoms. The van der Waals surface area contributed by atoms with E-state index >= 15 is 0 Å². The lowest BCUT2D eigenvalue weighted by molar-refractivity contribution is 0.0921. The van der Waals surface area contributed by atoms with Crippen molar-refractivity contribution in [3.05, 3.63) is 119 Å². The van der Waals surface area contributed by atoms with Gasteiger partial charge in [-0.15, -0.1) is 0 Å². The minimum Gasteiger partial charge on any atom is -0.343 e. The van der Waals surface area contributed by atoms with E-state index in [1.165, 1.54) is 29.1 Å². The number of aromatic nitrogens is 3. The molecule has 3 aromatic carbocycles. The monoisotopic (exact) mass is 414 g/mol. The molecular formula is C24H19FN4O2. The molecule has 1 amide bonds. The van der Waals surface area contributed by atoms with Gasteiger partial charge in [-0.2, -0.15) is 15.0 Å². The normalized spacial score (nSPS) is 11.6. The maximum atomic E-state index is 13.2. The van der Waals surface area contributed by atoms with Crippen LogP contribution in [0.2, 0.25) is 0 Å². The van der Waals surface area contributed by atoms with Crippen LogP contribution in [-0.2, 0) is 6.54 Å². The van der Waals surface area contributed by atoms with Gasteiger partial charge in [-0.05, 0) is 35.9 Å². The van der Waals surface area contributed by atoms with E-state index in [1.807, 2.05) is 30.3 Å². The van der Waals surface area contributed by atoms with Gasteiger partial charge < -0.3 is 5.32 Å². The Morgan fingerprint density at radius 1 is 0.839 bits per heavy atom. The first-order chi connectivity index (χ1) is 15.1. The molecule has 0 spiro atoms. The highest BCUT2D eigenvalue weighted by atomic mass is 19.1. The third-order valence-corrected chi connectivity index (χ3v) is 4.84. The summed E-state index contributed by atoms with van der Waals surface area (Å²) < 4.78 is 13.2. The third kappa shape index (κ3) is 4.72. The van der Waals surface area contributed by atoms with Gasteiger partial charge in [0, 0.05) is 11.1 Å². The van der Waals surface area contributed by atoms with E-state index < -0.39 is 17.8 Å². The molecule has 1 atom stereocenters. The van der Waals surface area contributed by atoms with Crippen LogP contribution in [0.5, 0.6) is 0 Å². The molecule has 1 heterocycles. The number of nitrogens with one attached hydrogen (secondary N) is 1. The minimum absolute atomic E-state index is 0.242. The molecule has 0 saturated heterocycles. The smallest absolute Gasteiger partial charge is 0.252 e. The number of hydrogen-bond acceptors (Lipinski definition) is 4. The Hall–Kier alpha value is -4.13. The molecule has 154 valence electrons. The van der Waals surface area contributed by atoms with Crippen LogP contribution in [0.4, 0.5) is 4.39 Å². The van der Waals surface area contributed by atoms with Crippen molar-refractivity contribution in [3.63, 3.8) is 0 Å². The Balaban J connectivity index is 1.62. The molecule has 0 aliphatic carbocycles. The first-order valence-electron chi connectivity index (χ1n) is 9.71. The van der Waals surface area contributed by atoms with E-state index in [0.29, 0.717) is 12.1 Å². The highest BCUT2D eigenvalue weighted by molar-refractivity contribution is 6.15. The van der Waals surface area contributed by atoms with Crippen LogP contribution in [0.25, 0.3) is 0 Å². The van der Waals surface area contributed by atoms with Gasteiger partial charge in [-0.3, -0.25) is 9.59 Å². The molecule has 7 heteroatoms. The average Bonchev–Trinajstić information content (AvgIpc) is 3.32. The number of carbonyl (C=O) groups excluding carboxylic acids is 2. The number of carbonyl (C=O) groups is 2. The van der Waals surface area contributed by atoms with Gasteiger partial charge in [0.2, 0.25) is 0 Å². The highest BCUT2D eigenvalue weighted by Gasteiger charge is 2.22. The molecule has 6 nitrogen and oxygen atoms in total. The van der Waals surface area contributed by atoms with E-state index in [-0.39, 0.29) is 16.9 Å². The SMILES string of the molecule is O=C(NC(Cn1nccn1)c1ccccc1)c1ccccc1C(=O)c1ccc(F)cc1. The Morgan fingerprint density at radius 3 is 2.13 bits per heavy atom. The zero-order valence-corrected chi connectivity index (χ0v) is 16.5. The third-order valence-electron chi connectivity index (χ3n) is 4.84. The van der Waals surface area contributed by atoms with Crippen molar-refractivity contribution in [1.82, 2.24) is 20.3 Å². The fraction of sp³-hybridized carbons (Fsp3) is 0.0833. The van der Waals surface area contributed by atoms with Gasteiger partial charge >= 0.3 is 0 Å². The van der Waals surface area contributed by atoms with E-state index in [1.54, 1.807) is 36.7 Å². The summed E-state index contributed by atoms with van der Waals surface area (Å²) in [6, 6.07) is 20.9. The van der Waals surface area contributed by atoms with E-state index in [0.717, 1.165) is 5.56 Å². The zero-order chi connectivity index (χ0) is 21.6. The van der Waals surface area contributed by atoms with Crippen molar-refractivity contribution in [1.29, 1.82) is 0 Å². The lowest BCUT2D eigenvalue weighted by Gasteiger charge is -2.19. The number of hydrogen-bond donors (Lipinski definition) is 1. The molecule has 1 unspecified atom stereocenters. The quantitative estimate of drug-likeness (QED) is 0.467. The largest absolute Gasteiger partial charge is 0.343 e. The summed E-state index contributed by atoms with van der Waals surface area (Å²) in [4.78, 5) is 27.7. The summed E-state index contributed by atoms with van der Waals surface area (Å²) >= 11 is 0. The second-order valence-corrected chi connectivity index (χ2v) is 6.90. The van der Waals surface area contributed by atoms with E-state index in [2.05, 4.69) is 15.5 Å². The Kier molecular flexibility index (Phi) is 5.93. The maximum Gasteiger partial charge on any atom is 0.252 e. The van der Waals surface area contributed by atoms with Crippen molar-refractivity contribution in [2.45, 2.75) is 12.6 Å². The van der Waals surface area contributed by atoms with Crippen LogP contribution in [-0.4, -0.2) is 26.7 Å². The Labute approximate surface area is 178 Å². The van der Waals surface area contributed by atoms with Crippen LogP contribution >= 0.6 is 0 Å². The van der Waals surface area contributed by atoms with E-state index in [9.17, 15) is 14.0 Å². The Bertz CT molecular complexity index is 1180. The van der Waals surface area contributed by atoms with Gasteiger partial charge in [0.05, 0.1) is 30.5 Å². The van der Waals surface area contributed by atoms with E-state index in [4.69, 9.17) is 0 Å². The number of rotatable bonds is 7. The average molecular weight is 414 g/mol. The number of halogens is 1. The highest BCUT2D eigenvalue weighted by Crippen LogP contribution is 2.19.